The van der Waals surface area contributed by atoms with E-state index in [-0.39, 0.29) is 12.1 Å². The number of rotatable bonds is 2. The van der Waals surface area contributed by atoms with Gasteiger partial charge in [0.2, 0.25) is 0 Å². The van der Waals surface area contributed by atoms with Crippen molar-refractivity contribution in [2.24, 2.45) is 5.73 Å². The highest BCUT2D eigenvalue weighted by atomic mass is 16.5. The molecule has 2 heteroatoms. The summed E-state index contributed by atoms with van der Waals surface area (Å²) in [6, 6.07) is 8.95. The topological polar surface area (TPSA) is 35.2 Å². The van der Waals surface area contributed by atoms with Crippen molar-refractivity contribution in [2.45, 2.75) is 50.7 Å². The number of hydrogen-bond donors (Lipinski definition) is 1. The van der Waals surface area contributed by atoms with Gasteiger partial charge in [-0.2, -0.15) is 0 Å². The van der Waals surface area contributed by atoms with Gasteiger partial charge in [0.15, 0.2) is 0 Å². The Kier molecular flexibility index (Phi) is 4.00. The van der Waals surface area contributed by atoms with Gasteiger partial charge in [0, 0.05) is 6.04 Å². The van der Waals surface area contributed by atoms with E-state index in [0.717, 1.165) is 25.9 Å². The second-order valence-electron chi connectivity index (χ2n) is 5.75. The van der Waals surface area contributed by atoms with Crippen LogP contribution < -0.4 is 5.73 Å². The normalized spacial score (nSPS) is 27.3. The fourth-order valence-corrected chi connectivity index (χ4v) is 3.26. The molecule has 2 unspecified atom stereocenters. The second kappa shape index (κ2) is 5.89. The van der Waals surface area contributed by atoms with Gasteiger partial charge in [0.05, 0.1) is 12.7 Å². The molecule has 0 saturated carbocycles. The minimum absolute atomic E-state index is 0.238. The summed E-state index contributed by atoms with van der Waals surface area (Å²) in [4.78, 5) is 0. The van der Waals surface area contributed by atoms with Crippen LogP contribution in [-0.2, 0) is 11.2 Å². The molecule has 0 amide bonds. The van der Waals surface area contributed by atoms with Crippen molar-refractivity contribution in [2.75, 3.05) is 6.61 Å². The van der Waals surface area contributed by atoms with Gasteiger partial charge in [0.1, 0.15) is 0 Å². The van der Waals surface area contributed by atoms with Crippen molar-refractivity contribution in [3.63, 3.8) is 0 Å². The summed E-state index contributed by atoms with van der Waals surface area (Å²) in [6.07, 6.45) is 9.43. The van der Waals surface area contributed by atoms with Gasteiger partial charge in [-0.15, -0.1) is 0 Å². The van der Waals surface area contributed by atoms with Crippen molar-refractivity contribution in [1.29, 1.82) is 0 Å². The quantitative estimate of drug-likeness (QED) is 0.823. The van der Waals surface area contributed by atoms with E-state index in [0.29, 0.717) is 0 Å². The molecule has 0 fully saturated rings. The fraction of sp³-hybridized carbons (Fsp3) is 0.529. The molecule has 0 radical (unpaired) electrons. The van der Waals surface area contributed by atoms with Crippen LogP contribution in [0.25, 0.3) is 0 Å². The highest BCUT2D eigenvalue weighted by molar-refractivity contribution is 5.32. The minimum Gasteiger partial charge on any atom is -0.373 e. The van der Waals surface area contributed by atoms with Gasteiger partial charge < -0.3 is 10.5 Å². The van der Waals surface area contributed by atoms with Gasteiger partial charge in [0.25, 0.3) is 0 Å². The Morgan fingerprint density at radius 2 is 2.05 bits per heavy atom. The van der Waals surface area contributed by atoms with Gasteiger partial charge in [-0.05, 0) is 43.2 Å². The zero-order valence-electron chi connectivity index (χ0n) is 11.5. The van der Waals surface area contributed by atoms with Crippen molar-refractivity contribution < 1.29 is 4.74 Å². The van der Waals surface area contributed by atoms with Gasteiger partial charge in [-0.3, -0.25) is 0 Å². The molecule has 1 aromatic carbocycles. The van der Waals surface area contributed by atoms with E-state index in [1.807, 2.05) is 0 Å². The number of hydrogen-bond acceptors (Lipinski definition) is 2. The van der Waals surface area contributed by atoms with E-state index < -0.39 is 0 Å². The predicted molar refractivity (Wildman–Crippen MR) is 78.0 cm³/mol. The summed E-state index contributed by atoms with van der Waals surface area (Å²) in [5.41, 5.74) is 10.4. The van der Waals surface area contributed by atoms with Crippen molar-refractivity contribution in [3.05, 3.63) is 47.0 Å². The Hall–Kier alpha value is -1.12. The highest BCUT2D eigenvalue weighted by Crippen LogP contribution is 2.34. The molecule has 19 heavy (non-hydrogen) atoms. The van der Waals surface area contributed by atoms with E-state index in [9.17, 15) is 0 Å². The maximum absolute atomic E-state index is 6.11. The van der Waals surface area contributed by atoms with E-state index in [1.165, 1.54) is 36.0 Å². The Morgan fingerprint density at radius 1 is 1.16 bits per heavy atom. The lowest BCUT2D eigenvalue weighted by atomic mass is 9.92. The SMILES string of the molecule is NC1C=C(CC2OCCc3ccccc32)CCCC1. The lowest BCUT2D eigenvalue weighted by molar-refractivity contribution is 0.0422. The Balaban J connectivity index is 1.77. The maximum atomic E-state index is 6.11. The number of benzene rings is 1. The Morgan fingerprint density at radius 3 is 3.00 bits per heavy atom. The lowest BCUT2D eigenvalue weighted by Gasteiger charge is -2.27. The molecule has 2 aliphatic rings. The second-order valence-corrected chi connectivity index (χ2v) is 5.75. The van der Waals surface area contributed by atoms with E-state index in [4.69, 9.17) is 10.5 Å². The van der Waals surface area contributed by atoms with Crippen LogP contribution in [0.15, 0.2) is 35.9 Å². The molecule has 1 heterocycles. The third-order valence-corrected chi connectivity index (χ3v) is 4.28. The molecule has 0 saturated heterocycles. The smallest absolute Gasteiger partial charge is 0.0864 e. The lowest BCUT2D eigenvalue weighted by Crippen LogP contribution is -2.18. The number of fused-ring (bicyclic) bond motifs is 1. The zero-order valence-corrected chi connectivity index (χ0v) is 11.5. The third-order valence-electron chi connectivity index (χ3n) is 4.28. The van der Waals surface area contributed by atoms with Gasteiger partial charge in [-0.25, -0.2) is 0 Å². The summed E-state index contributed by atoms with van der Waals surface area (Å²) in [6.45, 7) is 0.848. The first-order valence-corrected chi connectivity index (χ1v) is 7.47. The summed E-state index contributed by atoms with van der Waals surface area (Å²) in [5.74, 6) is 0. The fourth-order valence-electron chi connectivity index (χ4n) is 3.26. The highest BCUT2D eigenvalue weighted by Gasteiger charge is 2.22. The van der Waals surface area contributed by atoms with Crippen LogP contribution in [0.4, 0.5) is 0 Å². The van der Waals surface area contributed by atoms with Crippen LogP contribution in [0.5, 0.6) is 0 Å². The third kappa shape index (κ3) is 3.07. The Bertz CT molecular complexity index is 466. The molecule has 1 aliphatic carbocycles. The van der Waals surface area contributed by atoms with Crippen molar-refractivity contribution in [1.82, 2.24) is 0 Å². The molecule has 1 aliphatic heterocycles. The van der Waals surface area contributed by atoms with Crippen molar-refractivity contribution >= 4 is 0 Å². The first-order valence-electron chi connectivity index (χ1n) is 7.47. The van der Waals surface area contributed by atoms with Gasteiger partial charge in [-0.1, -0.05) is 42.3 Å². The van der Waals surface area contributed by atoms with Gasteiger partial charge >= 0.3 is 0 Å². The van der Waals surface area contributed by atoms with Crippen LogP contribution >= 0.6 is 0 Å². The molecule has 1 aromatic rings. The predicted octanol–water partition coefficient (Wildman–Crippen LogP) is 3.52. The summed E-state index contributed by atoms with van der Waals surface area (Å²) >= 11 is 0. The van der Waals surface area contributed by atoms with E-state index in [2.05, 4.69) is 30.3 Å². The van der Waals surface area contributed by atoms with Crippen LogP contribution in [-0.4, -0.2) is 12.6 Å². The average molecular weight is 257 g/mol. The molecule has 0 bridgehead atoms. The van der Waals surface area contributed by atoms with Crippen LogP contribution in [0.2, 0.25) is 0 Å². The maximum Gasteiger partial charge on any atom is 0.0864 e. The monoisotopic (exact) mass is 257 g/mol. The van der Waals surface area contributed by atoms with Crippen LogP contribution in [0, 0.1) is 0 Å². The molecule has 2 atom stereocenters. The molecule has 3 rings (SSSR count). The van der Waals surface area contributed by atoms with E-state index in [1.54, 1.807) is 0 Å². The van der Waals surface area contributed by atoms with Crippen molar-refractivity contribution in [3.8, 4) is 0 Å². The molecule has 0 spiro atoms. The molecule has 2 N–H and O–H groups in total. The summed E-state index contributed by atoms with van der Waals surface area (Å²) in [7, 11) is 0. The van der Waals surface area contributed by atoms with Crippen LogP contribution in [0.3, 0.4) is 0 Å². The molecular weight excluding hydrogens is 234 g/mol. The molecule has 102 valence electrons. The molecule has 2 nitrogen and oxygen atoms in total. The zero-order chi connectivity index (χ0) is 13.1. The number of nitrogens with two attached hydrogens (primary N) is 1. The summed E-state index contributed by atoms with van der Waals surface area (Å²) < 4.78 is 6.00. The average Bonchev–Trinajstić information content (AvgIpc) is 2.63. The van der Waals surface area contributed by atoms with E-state index >= 15 is 0 Å². The summed E-state index contributed by atoms with van der Waals surface area (Å²) in [5, 5.41) is 0. The standard InChI is InChI=1S/C17H23NO/c18-15-7-3-1-5-13(11-15)12-17-16-8-4-2-6-14(16)9-10-19-17/h2,4,6,8,11,15,17H,1,3,5,7,9-10,12,18H2. The Labute approximate surface area is 115 Å². The minimum atomic E-state index is 0.238. The first kappa shape index (κ1) is 12.9. The molecule has 0 aromatic heterocycles. The largest absolute Gasteiger partial charge is 0.373 e. The first-order chi connectivity index (χ1) is 9.33. The molecular formula is C17H23NO. The number of ether oxygens (including phenoxy) is 1. The van der Waals surface area contributed by atoms with Crippen LogP contribution in [0.1, 0.15) is 49.3 Å².